The monoisotopic (exact) mass is 293 g/mol. The highest BCUT2D eigenvalue weighted by Gasteiger charge is 2.20. The van der Waals surface area contributed by atoms with E-state index in [-0.39, 0.29) is 12.1 Å². The van der Waals surface area contributed by atoms with Crippen molar-refractivity contribution in [1.82, 2.24) is 15.2 Å². The maximum absolute atomic E-state index is 9.46. The Morgan fingerprint density at radius 1 is 1.29 bits per heavy atom. The number of nitrogens with one attached hydrogen (secondary N) is 1. The SMILES string of the molecule is CCNC(C)(CO)CCCCN(C)CCc1ccccn1. The first-order chi connectivity index (χ1) is 10.1. The quantitative estimate of drug-likeness (QED) is 0.613. The molecule has 1 aromatic rings. The van der Waals surface area contributed by atoms with Gasteiger partial charge < -0.3 is 15.3 Å². The molecule has 1 rings (SSSR count). The van der Waals surface area contributed by atoms with E-state index in [4.69, 9.17) is 0 Å². The van der Waals surface area contributed by atoms with E-state index in [0.717, 1.165) is 44.6 Å². The molecule has 21 heavy (non-hydrogen) atoms. The van der Waals surface area contributed by atoms with Gasteiger partial charge >= 0.3 is 0 Å². The third-order valence-electron chi connectivity index (χ3n) is 3.95. The van der Waals surface area contributed by atoms with Crippen molar-refractivity contribution in [1.29, 1.82) is 0 Å². The highest BCUT2D eigenvalue weighted by molar-refractivity contribution is 5.03. The lowest BCUT2D eigenvalue weighted by Crippen LogP contribution is -2.45. The van der Waals surface area contributed by atoms with Crippen LogP contribution in [0, 0.1) is 0 Å². The number of rotatable bonds is 11. The minimum atomic E-state index is -0.124. The van der Waals surface area contributed by atoms with Crippen molar-refractivity contribution >= 4 is 0 Å². The largest absolute Gasteiger partial charge is 0.394 e. The predicted octanol–water partition coefficient (Wildman–Crippen LogP) is 2.09. The maximum Gasteiger partial charge on any atom is 0.0610 e. The maximum atomic E-state index is 9.46. The zero-order valence-corrected chi connectivity index (χ0v) is 13.8. The van der Waals surface area contributed by atoms with Gasteiger partial charge in [0.2, 0.25) is 0 Å². The fourth-order valence-electron chi connectivity index (χ4n) is 2.51. The third kappa shape index (κ3) is 7.55. The number of aliphatic hydroxyl groups excluding tert-OH is 1. The first-order valence-electron chi connectivity index (χ1n) is 8.04. The topological polar surface area (TPSA) is 48.4 Å². The minimum absolute atomic E-state index is 0.124. The van der Waals surface area contributed by atoms with E-state index in [1.54, 1.807) is 0 Å². The standard InChI is InChI=1S/C17H31N3O/c1-4-19-17(2,15-21)11-6-8-13-20(3)14-10-16-9-5-7-12-18-16/h5,7,9,12,19,21H,4,6,8,10-11,13-15H2,1-3H3. The van der Waals surface area contributed by atoms with Crippen LogP contribution in [0.15, 0.2) is 24.4 Å². The van der Waals surface area contributed by atoms with Crippen molar-refractivity contribution in [2.75, 3.05) is 33.3 Å². The molecule has 0 amide bonds. The Kier molecular flexibility index (Phi) is 8.50. The van der Waals surface area contributed by atoms with Crippen LogP contribution in [0.5, 0.6) is 0 Å². The highest BCUT2D eigenvalue weighted by atomic mass is 16.3. The molecule has 1 atom stereocenters. The van der Waals surface area contributed by atoms with E-state index in [2.05, 4.69) is 42.2 Å². The second-order valence-electron chi connectivity index (χ2n) is 6.08. The summed E-state index contributed by atoms with van der Waals surface area (Å²) >= 11 is 0. The van der Waals surface area contributed by atoms with E-state index < -0.39 is 0 Å². The number of hydrogen-bond donors (Lipinski definition) is 2. The lowest BCUT2D eigenvalue weighted by molar-refractivity contribution is 0.163. The summed E-state index contributed by atoms with van der Waals surface area (Å²) in [5.41, 5.74) is 1.03. The van der Waals surface area contributed by atoms with Gasteiger partial charge in [-0.15, -0.1) is 0 Å². The molecule has 0 saturated carbocycles. The minimum Gasteiger partial charge on any atom is -0.394 e. The third-order valence-corrected chi connectivity index (χ3v) is 3.95. The molecular weight excluding hydrogens is 262 g/mol. The van der Waals surface area contributed by atoms with Gasteiger partial charge in [-0.2, -0.15) is 0 Å². The number of nitrogens with zero attached hydrogens (tertiary/aromatic N) is 2. The molecule has 0 fully saturated rings. The molecule has 2 N–H and O–H groups in total. The van der Waals surface area contributed by atoms with Gasteiger partial charge in [-0.3, -0.25) is 4.98 Å². The molecule has 0 spiro atoms. The average molecular weight is 293 g/mol. The Morgan fingerprint density at radius 2 is 2.10 bits per heavy atom. The fourth-order valence-corrected chi connectivity index (χ4v) is 2.51. The van der Waals surface area contributed by atoms with Gasteiger partial charge in [0.1, 0.15) is 0 Å². The van der Waals surface area contributed by atoms with E-state index in [9.17, 15) is 5.11 Å². The van der Waals surface area contributed by atoms with Crippen LogP contribution in [0.3, 0.4) is 0 Å². The van der Waals surface area contributed by atoms with Gasteiger partial charge in [0.25, 0.3) is 0 Å². The van der Waals surface area contributed by atoms with Crippen molar-refractivity contribution in [3.05, 3.63) is 30.1 Å². The molecule has 0 radical (unpaired) electrons. The van der Waals surface area contributed by atoms with Crippen LogP contribution in [0.4, 0.5) is 0 Å². The normalized spacial score (nSPS) is 14.3. The Labute approximate surface area is 129 Å². The molecule has 4 nitrogen and oxygen atoms in total. The Balaban J connectivity index is 2.14. The summed E-state index contributed by atoms with van der Waals surface area (Å²) in [6, 6.07) is 6.07. The molecule has 0 aliphatic rings. The number of hydrogen-bond acceptors (Lipinski definition) is 4. The van der Waals surface area contributed by atoms with Crippen LogP contribution in [0.2, 0.25) is 0 Å². The summed E-state index contributed by atoms with van der Waals surface area (Å²) in [5, 5.41) is 12.8. The molecular formula is C17H31N3O. The number of aromatic nitrogens is 1. The highest BCUT2D eigenvalue weighted by Crippen LogP contribution is 2.13. The summed E-state index contributed by atoms with van der Waals surface area (Å²) in [6.45, 7) is 7.43. The summed E-state index contributed by atoms with van der Waals surface area (Å²) in [7, 11) is 2.17. The Morgan fingerprint density at radius 3 is 2.71 bits per heavy atom. The molecule has 1 heterocycles. The second kappa shape index (κ2) is 9.87. The first kappa shape index (κ1) is 18.1. The Bertz CT molecular complexity index is 372. The van der Waals surface area contributed by atoms with Crippen LogP contribution >= 0.6 is 0 Å². The molecule has 0 aliphatic carbocycles. The molecule has 0 saturated heterocycles. The van der Waals surface area contributed by atoms with Crippen molar-refractivity contribution < 1.29 is 5.11 Å². The number of likely N-dealkylation sites (N-methyl/N-ethyl adjacent to an activating group) is 2. The van der Waals surface area contributed by atoms with Crippen LogP contribution in [-0.2, 0) is 6.42 Å². The summed E-state index contributed by atoms with van der Waals surface area (Å²) in [5.74, 6) is 0. The van der Waals surface area contributed by atoms with E-state index >= 15 is 0 Å². The van der Waals surface area contributed by atoms with Crippen LogP contribution < -0.4 is 5.32 Å². The molecule has 0 aromatic carbocycles. The number of pyridine rings is 1. The first-order valence-corrected chi connectivity index (χ1v) is 8.04. The molecule has 1 aromatic heterocycles. The van der Waals surface area contributed by atoms with Crippen molar-refractivity contribution in [2.24, 2.45) is 0 Å². The average Bonchev–Trinajstić information content (AvgIpc) is 2.51. The predicted molar refractivity (Wildman–Crippen MR) is 88.5 cm³/mol. The molecule has 0 bridgehead atoms. The molecule has 1 unspecified atom stereocenters. The van der Waals surface area contributed by atoms with E-state index in [0.29, 0.717) is 0 Å². The van der Waals surface area contributed by atoms with Crippen LogP contribution in [0.1, 0.15) is 38.8 Å². The van der Waals surface area contributed by atoms with Gasteiger partial charge in [0, 0.05) is 30.4 Å². The van der Waals surface area contributed by atoms with Gasteiger partial charge in [0.05, 0.1) is 6.61 Å². The van der Waals surface area contributed by atoms with Gasteiger partial charge in [-0.1, -0.05) is 19.4 Å². The lowest BCUT2D eigenvalue weighted by Gasteiger charge is -2.28. The number of aliphatic hydroxyl groups is 1. The second-order valence-corrected chi connectivity index (χ2v) is 6.08. The van der Waals surface area contributed by atoms with Crippen molar-refractivity contribution in [2.45, 2.75) is 45.1 Å². The zero-order valence-electron chi connectivity index (χ0n) is 13.8. The van der Waals surface area contributed by atoms with Crippen LogP contribution in [0.25, 0.3) is 0 Å². The van der Waals surface area contributed by atoms with Crippen molar-refractivity contribution in [3.8, 4) is 0 Å². The van der Waals surface area contributed by atoms with Gasteiger partial charge in [0.15, 0.2) is 0 Å². The lowest BCUT2D eigenvalue weighted by atomic mass is 9.95. The zero-order chi connectivity index (χ0) is 15.6. The Hall–Kier alpha value is -0.970. The van der Waals surface area contributed by atoms with E-state index in [1.165, 1.54) is 6.42 Å². The summed E-state index contributed by atoms with van der Waals surface area (Å²) in [4.78, 5) is 6.71. The molecule has 120 valence electrons. The fraction of sp³-hybridized carbons (Fsp3) is 0.706. The summed E-state index contributed by atoms with van der Waals surface area (Å²) in [6.07, 6.45) is 6.18. The van der Waals surface area contributed by atoms with Gasteiger partial charge in [-0.05, 0) is 52.0 Å². The molecule has 4 heteroatoms. The smallest absolute Gasteiger partial charge is 0.0610 e. The van der Waals surface area contributed by atoms with Crippen molar-refractivity contribution in [3.63, 3.8) is 0 Å². The van der Waals surface area contributed by atoms with Crippen LogP contribution in [-0.4, -0.2) is 53.8 Å². The molecule has 0 aliphatic heterocycles. The van der Waals surface area contributed by atoms with Gasteiger partial charge in [-0.25, -0.2) is 0 Å². The number of unbranched alkanes of at least 4 members (excludes halogenated alkanes) is 1. The van der Waals surface area contributed by atoms with E-state index in [1.807, 2.05) is 18.3 Å². The summed E-state index contributed by atoms with van der Waals surface area (Å²) < 4.78 is 0.